The van der Waals surface area contributed by atoms with Crippen molar-refractivity contribution in [2.45, 2.75) is 32.1 Å². The van der Waals surface area contributed by atoms with Gasteiger partial charge >= 0.3 is 5.69 Å². The van der Waals surface area contributed by atoms with Crippen molar-refractivity contribution in [1.29, 1.82) is 0 Å². The number of hydrogen-bond acceptors (Lipinski definition) is 4. The fourth-order valence-corrected chi connectivity index (χ4v) is 4.69. The monoisotopic (exact) mass is 413 g/mol. The third-order valence-corrected chi connectivity index (χ3v) is 6.38. The molecular weight excluding hydrogens is 390 g/mol. The van der Waals surface area contributed by atoms with E-state index in [-0.39, 0.29) is 11.2 Å². The van der Waals surface area contributed by atoms with E-state index in [1.165, 1.54) is 4.57 Å². The molecule has 6 nitrogen and oxygen atoms in total. The van der Waals surface area contributed by atoms with Crippen LogP contribution in [0, 0.1) is 5.92 Å². The van der Waals surface area contributed by atoms with Gasteiger partial charge in [0.25, 0.3) is 5.56 Å². The zero-order valence-electron chi connectivity index (χ0n) is 17.9. The molecule has 0 saturated heterocycles. The molecule has 31 heavy (non-hydrogen) atoms. The summed E-state index contributed by atoms with van der Waals surface area (Å²) in [5.41, 5.74) is 3.35. The summed E-state index contributed by atoms with van der Waals surface area (Å²) in [7, 11) is 1.59. The van der Waals surface area contributed by atoms with E-state index in [9.17, 15) is 14.4 Å². The van der Waals surface area contributed by atoms with E-state index in [0.717, 1.165) is 16.7 Å². The van der Waals surface area contributed by atoms with E-state index in [1.807, 2.05) is 42.5 Å². The molecule has 0 amide bonds. The van der Waals surface area contributed by atoms with Crippen LogP contribution in [0.4, 0.5) is 5.82 Å². The van der Waals surface area contributed by atoms with Gasteiger partial charge < -0.3 is 0 Å². The molecule has 3 aromatic rings. The summed E-state index contributed by atoms with van der Waals surface area (Å²) < 4.78 is 1.35. The number of rotatable bonds is 1. The Kier molecular flexibility index (Phi) is 4.06. The smallest absolute Gasteiger partial charge is 0.293 e. The van der Waals surface area contributed by atoms with Crippen molar-refractivity contribution in [3.8, 4) is 0 Å². The molecule has 2 aromatic carbocycles. The largest absolute Gasteiger partial charge is 0.329 e. The first-order valence-electron chi connectivity index (χ1n) is 10.3. The van der Waals surface area contributed by atoms with Crippen molar-refractivity contribution in [3.63, 3.8) is 0 Å². The van der Waals surface area contributed by atoms with Crippen LogP contribution in [0.15, 0.2) is 63.1 Å². The van der Waals surface area contributed by atoms with Crippen molar-refractivity contribution in [3.05, 3.63) is 97.2 Å². The van der Waals surface area contributed by atoms with Crippen LogP contribution in [0.2, 0.25) is 0 Å². The van der Waals surface area contributed by atoms with Crippen LogP contribution in [0.25, 0.3) is 0 Å². The van der Waals surface area contributed by atoms with Crippen molar-refractivity contribution >= 4 is 17.3 Å². The van der Waals surface area contributed by atoms with Gasteiger partial charge in [0, 0.05) is 24.1 Å². The van der Waals surface area contributed by atoms with Crippen molar-refractivity contribution in [2.24, 2.45) is 18.0 Å². The summed E-state index contributed by atoms with van der Waals surface area (Å²) >= 11 is 0. The summed E-state index contributed by atoms with van der Waals surface area (Å²) in [5.74, 6) is -0.844. The Hall–Kier alpha value is -3.54. The molecule has 1 aliphatic carbocycles. The maximum atomic E-state index is 13.5. The van der Waals surface area contributed by atoms with Crippen molar-refractivity contribution in [2.75, 3.05) is 0 Å². The fourth-order valence-electron chi connectivity index (χ4n) is 4.69. The first kappa shape index (κ1) is 19.4. The molecule has 6 heteroatoms. The van der Waals surface area contributed by atoms with Gasteiger partial charge in [-0.15, -0.1) is 0 Å². The second kappa shape index (κ2) is 6.48. The lowest BCUT2D eigenvalue weighted by molar-refractivity contribution is 0.0953. The highest BCUT2D eigenvalue weighted by molar-refractivity contribution is 6.30. The van der Waals surface area contributed by atoms with Gasteiger partial charge in [0.15, 0.2) is 5.78 Å². The highest BCUT2D eigenvalue weighted by Gasteiger charge is 2.47. The standard InChI is InChI=1S/C25H23N3O3/c1-25(2,3)14-11-9-13(10-12-14)17-18-20(15-7-5-6-8-16(15)21(18)29)26-22-19(17)23(30)27-24(31)28(22)4/h5-12,17-18H,1-4H3,(H,27,30,31)/t17-,18-/m1/s1. The van der Waals surface area contributed by atoms with Gasteiger partial charge in [-0.3, -0.25) is 19.1 Å². The molecule has 0 bridgehead atoms. The van der Waals surface area contributed by atoms with Gasteiger partial charge in [-0.05, 0) is 16.5 Å². The van der Waals surface area contributed by atoms with Gasteiger partial charge in [-0.25, -0.2) is 9.79 Å². The number of aliphatic imine (C=N–C) groups is 1. The molecule has 0 unspecified atom stereocenters. The number of ketones is 1. The summed E-state index contributed by atoms with van der Waals surface area (Å²) in [5, 5.41) is 0. The first-order chi connectivity index (χ1) is 14.7. The van der Waals surface area contributed by atoms with Crippen LogP contribution in [0.1, 0.15) is 59.3 Å². The fraction of sp³-hybridized carbons (Fsp3) is 0.280. The van der Waals surface area contributed by atoms with Gasteiger partial charge in [0.2, 0.25) is 0 Å². The zero-order chi connectivity index (χ0) is 22.1. The molecule has 0 radical (unpaired) electrons. The minimum absolute atomic E-state index is 0.0175. The molecule has 1 aromatic heterocycles. The lowest BCUT2D eigenvalue weighted by atomic mass is 9.75. The number of H-pyrrole nitrogens is 1. The summed E-state index contributed by atoms with van der Waals surface area (Å²) in [6.07, 6.45) is 0. The van der Waals surface area contributed by atoms with Crippen LogP contribution >= 0.6 is 0 Å². The molecule has 1 aliphatic heterocycles. The molecule has 0 fully saturated rings. The first-order valence-corrected chi connectivity index (χ1v) is 10.3. The van der Waals surface area contributed by atoms with E-state index < -0.39 is 23.1 Å². The number of fused-ring (bicyclic) bond motifs is 4. The highest BCUT2D eigenvalue weighted by Crippen LogP contribution is 2.46. The van der Waals surface area contributed by atoms with Crippen molar-refractivity contribution < 1.29 is 4.79 Å². The van der Waals surface area contributed by atoms with Gasteiger partial charge in [-0.1, -0.05) is 69.3 Å². The van der Waals surface area contributed by atoms with Crippen LogP contribution in [-0.4, -0.2) is 21.0 Å². The Balaban J connectivity index is 1.80. The molecule has 156 valence electrons. The second-order valence-electron chi connectivity index (χ2n) is 9.29. The van der Waals surface area contributed by atoms with Crippen LogP contribution in [0.3, 0.4) is 0 Å². The lowest BCUT2D eigenvalue weighted by Crippen LogP contribution is -2.38. The third kappa shape index (κ3) is 2.78. The van der Waals surface area contributed by atoms with Crippen LogP contribution in [0.5, 0.6) is 0 Å². The molecule has 2 atom stereocenters. The molecule has 2 heterocycles. The number of aromatic amines is 1. The van der Waals surface area contributed by atoms with Crippen LogP contribution in [-0.2, 0) is 12.5 Å². The summed E-state index contributed by atoms with van der Waals surface area (Å²) in [6, 6.07) is 15.4. The number of hydrogen-bond donors (Lipinski definition) is 1. The number of benzene rings is 2. The Morgan fingerprint density at radius 2 is 1.55 bits per heavy atom. The summed E-state index contributed by atoms with van der Waals surface area (Å²) in [6.45, 7) is 6.42. The Bertz CT molecular complexity index is 1390. The van der Waals surface area contributed by atoms with Gasteiger partial charge in [0.1, 0.15) is 5.82 Å². The SMILES string of the molecule is Cn1c2c(c(=O)[nH]c1=O)[C@H](c1ccc(C(C)(C)C)cc1)[C@H]1C(=O)c3ccccc3C1=N2. The normalized spacial score (nSPS) is 19.5. The molecule has 5 rings (SSSR count). The van der Waals surface area contributed by atoms with E-state index in [2.05, 4.69) is 25.8 Å². The number of nitrogens with zero attached hydrogens (tertiary/aromatic N) is 2. The Morgan fingerprint density at radius 3 is 2.19 bits per heavy atom. The highest BCUT2D eigenvalue weighted by atomic mass is 16.2. The van der Waals surface area contributed by atoms with Gasteiger partial charge in [-0.2, -0.15) is 0 Å². The maximum absolute atomic E-state index is 13.5. The number of carbonyl (C=O) groups is 1. The molecule has 2 aliphatic rings. The third-order valence-electron chi connectivity index (χ3n) is 6.38. The topological polar surface area (TPSA) is 84.3 Å². The Labute approximate surface area is 179 Å². The number of aromatic nitrogens is 2. The molecular formula is C25H23N3O3. The van der Waals surface area contributed by atoms with Crippen molar-refractivity contribution in [1.82, 2.24) is 9.55 Å². The minimum atomic E-state index is -0.594. The average molecular weight is 413 g/mol. The lowest BCUT2D eigenvalue weighted by Gasteiger charge is -2.29. The molecule has 0 spiro atoms. The second-order valence-corrected chi connectivity index (χ2v) is 9.29. The quantitative estimate of drug-likeness (QED) is 0.663. The summed E-state index contributed by atoms with van der Waals surface area (Å²) in [4.78, 5) is 45.8. The average Bonchev–Trinajstić information content (AvgIpc) is 3.02. The minimum Gasteiger partial charge on any atom is -0.293 e. The zero-order valence-corrected chi connectivity index (χ0v) is 17.9. The number of nitrogens with one attached hydrogen (secondary N) is 1. The predicted octanol–water partition coefficient (Wildman–Crippen LogP) is 3.45. The van der Waals surface area contributed by atoms with E-state index >= 15 is 0 Å². The van der Waals surface area contributed by atoms with Crippen LogP contribution < -0.4 is 11.2 Å². The number of carbonyl (C=O) groups excluding carboxylic acids is 1. The Morgan fingerprint density at radius 1 is 0.903 bits per heavy atom. The number of Topliss-reactive ketones (excluding diaryl/α,β-unsaturated/α-hetero) is 1. The maximum Gasteiger partial charge on any atom is 0.329 e. The predicted molar refractivity (Wildman–Crippen MR) is 120 cm³/mol. The van der Waals surface area contributed by atoms with Gasteiger partial charge in [0.05, 0.1) is 17.2 Å². The van der Waals surface area contributed by atoms with E-state index in [1.54, 1.807) is 13.1 Å². The molecule has 1 N–H and O–H groups in total. The molecule has 0 saturated carbocycles. The van der Waals surface area contributed by atoms with E-state index in [4.69, 9.17) is 4.99 Å². The van der Waals surface area contributed by atoms with E-state index in [0.29, 0.717) is 22.7 Å².